The van der Waals surface area contributed by atoms with Gasteiger partial charge in [0.05, 0.1) is 17.4 Å². The molecule has 0 atom stereocenters. The van der Waals surface area contributed by atoms with Crippen molar-refractivity contribution in [3.8, 4) is 0 Å². The van der Waals surface area contributed by atoms with Gasteiger partial charge in [0.2, 0.25) is 0 Å². The molecule has 5 heteroatoms. The second-order valence-corrected chi connectivity index (χ2v) is 5.54. The summed E-state index contributed by atoms with van der Waals surface area (Å²) in [4.78, 5) is 18.4. The summed E-state index contributed by atoms with van der Waals surface area (Å²) in [6, 6.07) is 9.87. The van der Waals surface area contributed by atoms with Crippen molar-refractivity contribution in [1.29, 1.82) is 0 Å². The summed E-state index contributed by atoms with van der Waals surface area (Å²) >= 11 is 5.87. The fourth-order valence-corrected chi connectivity index (χ4v) is 2.82. The Labute approximate surface area is 128 Å². The SMILES string of the molecule is Nc1cnc(Cl)cc1C(=O)N1CCc2ccccc2CC1. The number of amides is 1. The van der Waals surface area contributed by atoms with E-state index in [1.807, 2.05) is 17.0 Å². The summed E-state index contributed by atoms with van der Waals surface area (Å²) < 4.78 is 0. The van der Waals surface area contributed by atoms with Crippen LogP contribution in [0.1, 0.15) is 21.5 Å². The zero-order chi connectivity index (χ0) is 14.8. The first-order valence-electron chi connectivity index (χ1n) is 6.92. The van der Waals surface area contributed by atoms with Crippen LogP contribution >= 0.6 is 11.6 Å². The van der Waals surface area contributed by atoms with E-state index in [0.29, 0.717) is 24.3 Å². The number of anilines is 1. The largest absolute Gasteiger partial charge is 0.397 e. The summed E-state index contributed by atoms with van der Waals surface area (Å²) in [6.45, 7) is 1.38. The number of hydrogen-bond acceptors (Lipinski definition) is 3. The highest BCUT2D eigenvalue weighted by Gasteiger charge is 2.21. The van der Waals surface area contributed by atoms with Crippen molar-refractivity contribution >= 4 is 23.2 Å². The van der Waals surface area contributed by atoms with Gasteiger partial charge in [0.25, 0.3) is 5.91 Å². The Balaban J connectivity index is 1.82. The molecule has 4 nitrogen and oxygen atoms in total. The Bertz CT molecular complexity index is 660. The van der Waals surface area contributed by atoms with Crippen molar-refractivity contribution in [1.82, 2.24) is 9.88 Å². The topological polar surface area (TPSA) is 59.2 Å². The van der Waals surface area contributed by atoms with Gasteiger partial charge in [0, 0.05) is 13.1 Å². The van der Waals surface area contributed by atoms with Crippen molar-refractivity contribution in [2.24, 2.45) is 0 Å². The Hall–Kier alpha value is -2.07. The molecule has 1 aromatic heterocycles. The number of benzene rings is 1. The second-order valence-electron chi connectivity index (χ2n) is 5.16. The molecule has 0 spiro atoms. The molecule has 0 radical (unpaired) electrons. The highest BCUT2D eigenvalue weighted by atomic mass is 35.5. The quantitative estimate of drug-likeness (QED) is 0.824. The van der Waals surface area contributed by atoms with Crippen molar-refractivity contribution in [2.45, 2.75) is 12.8 Å². The molecule has 2 N–H and O–H groups in total. The standard InChI is InChI=1S/C16H16ClN3O/c17-15-9-13(14(18)10-19-15)16(21)20-7-5-11-3-1-2-4-12(11)6-8-20/h1-4,9-10H,5-8,18H2. The minimum atomic E-state index is -0.0791. The molecule has 0 saturated heterocycles. The van der Waals surface area contributed by atoms with Gasteiger partial charge in [-0.15, -0.1) is 0 Å². The van der Waals surface area contributed by atoms with Crippen LogP contribution in [0.2, 0.25) is 5.15 Å². The van der Waals surface area contributed by atoms with Gasteiger partial charge in [0.1, 0.15) is 5.15 Å². The molecule has 0 aliphatic carbocycles. The Morgan fingerprint density at radius 2 is 1.81 bits per heavy atom. The van der Waals surface area contributed by atoms with Crippen LogP contribution in [0.4, 0.5) is 5.69 Å². The molecule has 1 aliphatic rings. The van der Waals surface area contributed by atoms with Gasteiger partial charge in [-0.3, -0.25) is 4.79 Å². The van der Waals surface area contributed by atoms with Gasteiger partial charge >= 0.3 is 0 Å². The third kappa shape index (κ3) is 2.85. The second kappa shape index (κ2) is 5.74. The number of carbonyl (C=O) groups excluding carboxylic acids is 1. The van der Waals surface area contributed by atoms with Gasteiger partial charge in [-0.25, -0.2) is 4.98 Å². The van der Waals surface area contributed by atoms with E-state index in [9.17, 15) is 4.79 Å². The number of hydrogen-bond donors (Lipinski definition) is 1. The number of nitrogens with two attached hydrogens (primary N) is 1. The van der Waals surface area contributed by atoms with E-state index in [1.165, 1.54) is 23.4 Å². The summed E-state index contributed by atoms with van der Waals surface area (Å²) in [5.41, 5.74) is 9.28. The van der Waals surface area contributed by atoms with Gasteiger partial charge < -0.3 is 10.6 Å². The monoisotopic (exact) mass is 301 g/mol. The molecule has 1 aromatic carbocycles. The van der Waals surface area contributed by atoms with E-state index in [2.05, 4.69) is 17.1 Å². The van der Waals surface area contributed by atoms with Crippen LogP contribution in [0.25, 0.3) is 0 Å². The third-order valence-corrected chi connectivity index (χ3v) is 4.05. The lowest BCUT2D eigenvalue weighted by molar-refractivity contribution is 0.0764. The average Bonchev–Trinajstić information content (AvgIpc) is 2.71. The van der Waals surface area contributed by atoms with Crippen LogP contribution < -0.4 is 5.73 Å². The van der Waals surface area contributed by atoms with E-state index in [4.69, 9.17) is 17.3 Å². The van der Waals surface area contributed by atoms with E-state index in [0.717, 1.165) is 12.8 Å². The van der Waals surface area contributed by atoms with Gasteiger partial charge in [-0.1, -0.05) is 35.9 Å². The van der Waals surface area contributed by atoms with Crippen molar-refractivity contribution < 1.29 is 4.79 Å². The molecule has 0 unspecified atom stereocenters. The highest BCUT2D eigenvalue weighted by Crippen LogP contribution is 2.20. The van der Waals surface area contributed by atoms with Crippen LogP contribution in [0, 0.1) is 0 Å². The molecule has 1 amide bonds. The fourth-order valence-electron chi connectivity index (χ4n) is 2.67. The highest BCUT2D eigenvalue weighted by molar-refractivity contribution is 6.29. The maximum Gasteiger partial charge on any atom is 0.256 e. The molecular weight excluding hydrogens is 286 g/mol. The minimum absolute atomic E-state index is 0.0791. The lowest BCUT2D eigenvalue weighted by Crippen LogP contribution is -2.33. The fraction of sp³-hybridized carbons (Fsp3) is 0.250. The number of aromatic nitrogens is 1. The average molecular weight is 302 g/mol. The van der Waals surface area contributed by atoms with Gasteiger partial charge in [0.15, 0.2) is 0 Å². The van der Waals surface area contributed by atoms with Gasteiger partial charge in [-0.05, 0) is 30.0 Å². The van der Waals surface area contributed by atoms with Crippen molar-refractivity contribution in [3.63, 3.8) is 0 Å². The molecule has 0 bridgehead atoms. The zero-order valence-electron chi connectivity index (χ0n) is 11.6. The number of nitrogen functional groups attached to an aromatic ring is 1. The number of rotatable bonds is 1. The van der Waals surface area contributed by atoms with Crippen LogP contribution in [0.5, 0.6) is 0 Å². The summed E-state index contributed by atoms with van der Waals surface area (Å²) in [7, 11) is 0. The summed E-state index contributed by atoms with van der Waals surface area (Å²) in [6.07, 6.45) is 3.16. The number of halogens is 1. The van der Waals surface area contributed by atoms with Crippen LogP contribution in [0.15, 0.2) is 36.5 Å². The predicted octanol–water partition coefficient (Wildman–Crippen LogP) is 2.56. The van der Waals surface area contributed by atoms with Crippen LogP contribution in [0.3, 0.4) is 0 Å². The molecule has 1 aliphatic heterocycles. The maximum atomic E-state index is 12.6. The lowest BCUT2D eigenvalue weighted by atomic mass is 10.0. The van der Waals surface area contributed by atoms with Gasteiger partial charge in [-0.2, -0.15) is 0 Å². The number of nitrogens with zero attached hydrogens (tertiary/aromatic N) is 2. The molecule has 21 heavy (non-hydrogen) atoms. The number of fused-ring (bicyclic) bond motifs is 1. The van der Waals surface area contributed by atoms with Crippen molar-refractivity contribution in [3.05, 3.63) is 58.4 Å². The molecular formula is C16H16ClN3O. The first kappa shape index (κ1) is 13.9. The lowest BCUT2D eigenvalue weighted by Gasteiger charge is -2.21. The normalized spacial score (nSPS) is 14.4. The van der Waals surface area contributed by atoms with Crippen LogP contribution in [-0.4, -0.2) is 28.9 Å². The maximum absolute atomic E-state index is 12.6. The number of carbonyl (C=O) groups is 1. The molecule has 2 aromatic rings. The Morgan fingerprint density at radius 3 is 2.43 bits per heavy atom. The third-order valence-electron chi connectivity index (χ3n) is 3.84. The van der Waals surface area contributed by atoms with E-state index in [-0.39, 0.29) is 11.1 Å². The summed E-state index contributed by atoms with van der Waals surface area (Å²) in [5.74, 6) is -0.0791. The number of pyridine rings is 1. The molecule has 2 heterocycles. The van der Waals surface area contributed by atoms with E-state index >= 15 is 0 Å². The Morgan fingerprint density at radius 1 is 1.19 bits per heavy atom. The van der Waals surface area contributed by atoms with E-state index < -0.39 is 0 Å². The molecule has 108 valence electrons. The molecule has 0 saturated carbocycles. The summed E-state index contributed by atoms with van der Waals surface area (Å²) in [5, 5.41) is 0.283. The first-order chi connectivity index (χ1) is 10.1. The Kier molecular flexibility index (Phi) is 3.80. The molecule has 3 rings (SSSR count). The zero-order valence-corrected chi connectivity index (χ0v) is 12.3. The molecule has 0 fully saturated rings. The van der Waals surface area contributed by atoms with Crippen molar-refractivity contribution in [2.75, 3.05) is 18.8 Å². The first-order valence-corrected chi connectivity index (χ1v) is 7.30. The van der Waals surface area contributed by atoms with Crippen LogP contribution in [-0.2, 0) is 12.8 Å². The smallest absolute Gasteiger partial charge is 0.256 e. The predicted molar refractivity (Wildman–Crippen MR) is 83.4 cm³/mol. The van der Waals surface area contributed by atoms with E-state index in [1.54, 1.807) is 0 Å². The minimum Gasteiger partial charge on any atom is -0.397 e.